The third-order valence-electron chi connectivity index (χ3n) is 2.85. The van der Waals surface area contributed by atoms with Gasteiger partial charge < -0.3 is 10.0 Å². The van der Waals surface area contributed by atoms with Crippen LogP contribution in [0.2, 0.25) is 0 Å². The molecule has 0 saturated carbocycles. The summed E-state index contributed by atoms with van der Waals surface area (Å²) in [5.41, 5.74) is 0. The van der Waals surface area contributed by atoms with Gasteiger partial charge in [0.15, 0.2) is 0 Å². The maximum Gasteiger partial charge on any atom is 0.308 e. The zero-order chi connectivity index (χ0) is 11.3. The first kappa shape index (κ1) is 12.0. The van der Waals surface area contributed by atoms with E-state index in [1.807, 2.05) is 0 Å². The van der Waals surface area contributed by atoms with Gasteiger partial charge in [-0.1, -0.05) is 26.2 Å². The van der Waals surface area contributed by atoms with Gasteiger partial charge in [-0.05, 0) is 6.42 Å². The van der Waals surface area contributed by atoms with Crippen LogP contribution in [-0.4, -0.2) is 35.0 Å². The second-order valence-electron chi connectivity index (χ2n) is 4.14. The molecule has 0 aliphatic carbocycles. The smallest absolute Gasteiger partial charge is 0.308 e. The van der Waals surface area contributed by atoms with Gasteiger partial charge in [0.25, 0.3) is 0 Å². The maximum absolute atomic E-state index is 11.4. The minimum atomic E-state index is -0.848. The van der Waals surface area contributed by atoms with Crippen LogP contribution in [0.15, 0.2) is 0 Å². The predicted octanol–water partition coefficient (Wildman–Crippen LogP) is 1.50. The van der Waals surface area contributed by atoms with Crippen molar-refractivity contribution in [3.63, 3.8) is 0 Å². The van der Waals surface area contributed by atoms with E-state index in [0.29, 0.717) is 6.54 Å². The monoisotopic (exact) mass is 213 g/mol. The lowest BCUT2D eigenvalue weighted by molar-refractivity contribution is -0.141. The number of hydrogen-bond donors (Lipinski definition) is 1. The fourth-order valence-electron chi connectivity index (χ4n) is 1.88. The highest BCUT2D eigenvalue weighted by Crippen LogP contribution is 2.18. The molecule has 1 heterocycles. The maximum atomic E-state index is 11.4. The minimum Gasteiger partial charge on any atom is -0.481 e. The summed E-state index contributed by atoms with van der Waals surface area (Å²) in [4.78, 5) is 23.8. The van der Waals surface area contributed by atoms with Crippen molar-refractivity contribution >= 4 is 11.9 Å². The first-order valence-corrected chi connectivity index (χ1v) is 5.65. The number of carbonyl (C=O) groups is 2. The Bertz CT molecular complexity index is 240. The molecule has 1 N–H and O–H groups in total. The zero-order valence-electron chi connectivity index (χ0n) is 9.24. The summed E-state index contributed by atoms with van der Waals surface area (Å²) in [6.07, 6.45) is 4.66. The summed E-state index contributed by atoms with van der Waals surface area (Å²) >= 11 is 0. The van der Waals surface area contributed by atoms with Crippen LogP contribution in [0.3, 0.4) is 0 Å². The Morgan fingerprint density at radius 1 is 1.47 bits per heavy atom. The zero-order valence-corrected chi connectivity index (χ0v) is 9.24. The molecule has 15 heavy (non-hydrogen) atoms. The number of unbranched alkanes of at least 4 members (excludes halogenated alkanes) is 3. The van der Waals surface area contributed by atoms with E-state index >= 15 is 0 Å². The Kier molecular flexibility index (Phi) is 4.59. The Labute approximate surface area is 90.3 Å². The molecule has 0 spiro atoms. The predicted molar refractivity (Wildman–Crippen MR) is 56.5 cm³/mol. The summed E-state index contributed by atoms with van der Waals surface area (Å²) < 4.78 is 0. The number of amides is 1. The van der Waals surface area contributed by atoms with E-state index in [0.717, 1.165) is 19.4 Å². The van der Waals surface area contributed by atoms with Crippen LogP contribution in [0, 0.1) is 5.92 Å². The number of nitrogens with zero attached hydrogens (tertiary/aromatic N) is 1. The highest BCUT2D eigenvalue weighted by molar-refractivity contribution is 5.86. The lowest BCUT2D eigenvalue weighted by atomic mass is 10.1. The number of likely N-dealkylation sites (tertiary alicyclic amines) is 1. The van der Waals surface area contributed by atoms with E-state index in [1.54, 1.807) is 4.90 Å². The van der Waals surface area contributed by atoms with Crippen molar-refractivity contribution in [2.75, 3.05) is 13.1 Å². The van der Waals surface area contributed by atoms with Gasteiger partial charge in [-0.15, -0.1) is 0 Å². The van der Waals surface area contributed by atoms with Crippen molar-refractivity contribution in [2.45, 2.75) is 39.0 Å². The summed E-state index contributed by atoms with van der Waals surface area (Å²) in [5, 5.41) is 8.78. The summed E-state index contributed by atoms with van der Waals surface area (Å²) in [5.74, 6) is -1.33. The molecule has 0 bridgehead atoms. The van der Waals surface area contributed by atoms with Crippen molar-refractivity contribution in [2.24, 2.45) is 5.92 Å². The van der Waals surface area contributed by atoms with E-state index in [4.69, 9.17) is 5.11 Å². The molecule has 86 valence electrons. The number of hydrogen-bond acceptors (Lipinski definition) is 2. The Hall–Kier alpha value is -1.06. The molecule has 4 heteroatoms. The second kappa shape index (κ2) is 5.73. The molecular formula is C11H19NO3. The Balaban J connectivity index is 2.25. The van der Waals surface area contributed by atoms with Gasteiger partial charge in [-0.3, -0.25) is 9.59 Å². The molecule has 1 saturated heterocycles. The molecule has 0 aromatic heterocycles. The lowest BCUT2D eigenvalue weighted by Crippen LogP contribution is -2.27. The van der Waals surface area contributed by atoms with Crippen LogP contribution in [0.25, 0.3) is 0 Å². The van der Waals surface area contributed by atoms with Gasteiger partial charge in [0.05, 0.1) is 5.92 Å². The molecule has 1 fully saturated rings. The molecule has 0 aromatic rings. The van der Waals surface area contributed by atoms with Gasteiger partial charge in [0.2, 0.25) is 5.91 Å². The number of aliphatic carboxylic acids is 1. The number of rotatable bonds is 6. The van der Waals surface area contributed by atoms with Crippen LogP contribution >= 0.6 is 0 Å². The van der Waals surface area contributed by atoms with Gasteiger partial charge in [-0.25, -0.2) is 0 Å². The van der Waals surface area contributed by atoms with E-state index in [1.165, 1.54) is 12.8 Å². The third kappa shape index (κ3) is 3.53. The quantitative estimate of drug-likeness (QED) is 0.680. The first-order valence-electron chi connectivity index (χ1n) is 5.65. The van der Waals surface area contributed by atoms with Gasteiger partial charge in [0, 0.05) is 19.5 Å². The summed E-state index contributed by atoms with van der Waals surface area (Å²) in [6.45, 7) is 3.27. The van der Waals surface area contributed by atoms with Crippen molar-refractivity contribution in [3.8, 4) is 0 Å². The van der Waals surface area contributed by atoms with Crippen LogP contribution in [-0.2, 0) is 9.59 Å². The molecule has 1 amide bonds. The molecule has 0 radical (unpaired) electrons. The number of carbonyl (C=O) groups excluding carboxylic acids is 1. The van der Waals surface area contributed by atoms with E-state index in [9.17, 15) is 9.59 Å². The van der Waals surface area contributed by atoms with E-state index < -0.39 is 11.9 Å². The second-order valence-corrected chi connectivity index (χ2v) is 4.14. The van der Waals surface area contributed by atoms with Crippen LogP contribution in [0.1, 0.15) is 39.0 Å². The van der Waals surface area contributed by atoms with Crippen molar-refractivity contribution in [1.82, 2.24) is 4.90 Å². The van der Waals surface area contributed by atoms with E-state index in [-0.39, 0.29) is 12.3 Å². The van der Waals surface area contributed by atoms with Crippen LogP contribution < -0.4 is 0 Å². The van der Waals surface area contributed by atoms with Gasteiger partial charge in [-0.2, -0.15) is 0 Å². The fraction of sp³-hybridized carbons (Fsp3) is 0.818. The van der Waals surface area contributed by atoms with Crippen LogP contribution in [0.4, 0.5) is 0 Å². The van der Waals surface area contributed by atoms with E-state index in [2.05, 4.69) is 6.92 Å². The lowest BCUT2D eigenvalue weighted by Gasteiger charge is -2.15. The summed E-state index contributed by atoms with van der Waals surface area (Å²) in [6, 6.07) is 0. The minimum absolute atomic E-state index is 0.00102. The highest BCUT2D eigenvalue weighted by Gasteiger charge is 2.33. The normalized spacial score (nSPS) is 21.0. The van der Waals surface area contributed by atoms with Gasteiger partial charge in [0.1, 0.15) is 0 Å². The van der Waals surface area contributed by atoms with Crippen molar-refractivity contribution in [1.29, 1.82) is 0 Å². The molecule has 1 atom stereocenters. The Morgan fingerprint density at radius 2 is 2.20 bits per heavy atom. The van der Waals surface area contributed by atoms with Crippen LogP contribution in [0.5, 0.6) is 0 Å². The van der Waals surface area contributed by atoms with Crippen molar-refractivity contribution < 1.29 is 14.7 Å². The van der Waals surface area contributed by atoms with Gasteiger partial charge >= 0.3 is 5.97 Å². The third-order valence-corrected chi connectivity index (χ3v) is 2.85. The number of carboxylic acids is 1. The van der Waals surface area contributed by atoms with Crippen molar-refractivity contribution in [3.05, 3.63) is 0 Å². The molecule has 1 rings (SSSR count). The molecule has 0 aromatic carbocycles. The average Bonchev–Trinajstić information content (AvgIpc) is 2.55. The fourth-order valence-corrected chi connectivity index (χ4v) is 1.88. The summed E-state index contributed by atoms with van der Waals surface area (Å²) in [7, 11) is 0. The molecule has 0 unspecified atom stereocenters. The topological polar surface area (TPSA) is 57.6 Å². The molecule has 1 aliphatic rings. The Morgan fingerprint density at radius 3 is 2.73 bits per heavy atom. The largest absolute Gasteiger partial charge is 0.481 e. The highest BCUT2D eigenvalue weighted by atomic mass is 16.4. The standard InChI is InChI=1S/C11H19NO3/c1-2-3-4-5-6-12-8-9(11(14)15)7-10(12)13/h9H,2-8H2,1H3,(H,14,15)/t9-/m1/s1. The SMILES string of the molecule is CCCCCCN1C[C@H](C(=O)O)CC1=O. The number of carboxylic acid groups (broad SMARTS) is 1. The first-order chi connectivity index (χ1) is 7.15. The average molecular weight is 213 g/mol. The molecule has 4 nitrogen and oxygen atoms in total. The molecular weight excluding hydrogens is 194 g/mol. The molecule has 1 aliphatic heterocycles.